The molecule has 31 heavy (non-hydrogen) atoms. The first-order chi connectivity index (χ1) is 15.1. The number of hydrogen-bond acceptors (Lipinski definition) is 5. The quantitative estimate of drug-likeness (QED) is 0.406. The molecule has 5 nitrogen and oxygen atoms in total. The summed E-state index contributed by atoms with van der Waals surface area (Å²) >= 11 is 0. The van der Waals surface area contributed by atoms with Crippen LogP contribution in [0.15, 0.2) is 94.1 Å². The topological polar surface area (TPSA) is 65.7 Å². The molecule has 0 unspecified atom stereocenters. The zero-order chi connectivity index (χ0) is 21.8. The smallest absolute Gasteiger partial charge is 0.344 e. The molecule has 5 heteroatoms. The van der Waals surface area contributed by atoms with Crippen molar-refractivity contribution in [1.29, 1.82) is 0 Å². The maximum Gasteiger partial charge on any atom is 0.344 e. The Kier molecular flexibility index (Phi) is 5.67. The van der Waals surface area contributed by atoms with Crippen LogP contribution in [0.4, 0.5) is 0 Å². The lowest BCUT2D eigenvalue weighted by Gasteiger charge is -2.11. The maximum absolute atomic E-state index is 13.4. The van der Waals surface area contributed by atoms with E-state index in [2.05, 4.69) is 0 Å². The monoisotopic (exact) mass is 412 g/mol. The van der Waals surface area contributed by atoms with Crippen LogP contribution in [0, 0.1) is 0 Å². The number of ether oxygens (including phenoxy) is 2. The third-order valence-electron chi connectivity index (χ3n) is 4.99. The standard InChI is InChI=1S/C26H20O5/c1-29-20-12-8-17(9-13-20)23-16-22(25(27)19-10-14-21(30-2)15-11-19)24(26(28)31-23)18-6-4-3-5-7-18/h3-16H,1-2H3. The third-order valence-corrected chi connectivity index (χ3v) is 4.99. The molecule has 4 aromatic rings. The van der Waals surface area contributed by atoms with Crippen molar-refractivity contribution in [1.82, 2.24) is 0 Å². The molecule has 1 heterocycles. The van der Waals surface area contributed by atoms with Gasteiger partial charge in [-0.3, -0.25) is 4.79 Å². The van der Waals surface area contributed by atoms with E-state index in [1.807, 2.05) is 18.2 Å². The first-order valence-electron chi connectivity index (χ1n) is 9.67. The molecular formula is C26H20O5. The number of hydrogen-bond donors (Lipinski definition) is 0. The van der Waals surface area contributed by atoms with Crippen LogP contribution in [0.2, 0.25) is 0 Å². The summed E-state index contributed by atoms with van der Waals surface area (Å²) in [7, 11) is 3.14. The number of rotatable bonds is 6. The largest absolute Gasteiger partial charge is 0.497 e. The fourth-order valence-corrected chi connectivity index (χ4v) is 3.35. The Morgan fingerprint density at radius 2 is 1.32 bits per heavy atom. The maximum atomic E-state index is 13.4. The Morgan fingerprint density at radius 1 is 0.742 bits per heavy atom. The van der Waals surface area contributed by atoms with Crippen LogP contribution in [0.3, 0.4) is 0 Å². The summed E-state index contributed by atoms with van der Waals surface area (Å²) in [6.07, 6.45) is 0. The van der Waals surface area contributed by atoms with E-state index in [1.54, 1.807) is 80.9 Å². The fraction of sp³-hybridized carbons (Fsp3) is 0.0769. The Balaban J connectivity index is 1.89. The van der Waals surface area contributed by atoms with Crippen molar-refractivity contribution in [3.8, 4) is 33.9 Å². The molecule has 0 fully saturated rings. The molecule has 4 rings (SSSR count). The Hall–Kier alpha value is -4.12. The van der Waals surface area contributed by atoms with Crippen LogP contribution >= 0.6 is 0 Å². The van der Waals surface area contributed by atoms with Crippen LogP contribution in [-0.4, -0.2) is 20.0 Å². The molecule has 0 aliphatic rings. The van der Waals surface area contributed by atoms with Gasteiger partial charge in [-0.25, -0.2) is 4.79 Å². The average molecular weight is 412 g/mol. The average Bonchev–Trinajstić information content (AvgIpc) is 2.83. The highest BCUT2D eigenvalue weighted by molar-refractivity contribution is 6.13. The summed E-state index contributed by atoms with van der Waals surface area (Å²) in [4.78, 5) is 26.5. The highest BCUT2D eigenvalue weighted by Crippen LogP contribution is 2.29. The molecule has 0 aliphatic heterocycles. The van der Waals surface area contributed by atoms with Gasteiger partial charge in [-0.1, -0.05) is 30.3 Å². The van der Waals surface area contributed by atoms with Gasteiger partial charge in [-0.2, -0.15) is 0 Å². The van der Waals surface area contributed by atoms with E-state index in [-0.39, 0.29) is 16.9 Å². The zero-order valence-corrected chi connectivity index (χ0v) is 17.1. The predicted octanol–water partition coefficient (Wildman–Crippen LogP) is 5.22. The van der Waals surface area contributed by atoms with Crippen LogP contribution in [-0.2, 0) is 0 Å². The van der Waals surface area contributed by atoms with Crippen molar-refractivity contribution in [2.75, 3.05) is 14.2 Å². The minimum Gasteiger partial charge on any atom is -0.497 e. The van der Waals surface area contributed by atoms with E-state index in [4.69, 9.17) is 13.9 Å². The molecule has 0 bridgehead atoms. The molecule has 0 aliphatic carbocycles. The van der Waals surface area contributed by atoms with E-state index < -0.39 is 5.63 Å². The normalized spacial score (nSPS) is 10.5. The summed E-state index contributed by atoms with van der Waals surface area (Å²) in [5.74, 6) is 1.36. The molecule has 0 N–H and O–H groups in total. The second-order valence-corrected chi connectivity index (χ2v) is 6.84. The van der Waals surface area contributed by atoms with Gasteiger partial charge in [0.1, 0.15) is 17.3 Å². The predicted molar refractivity (Wildman–Crippen MR) is 119 cm³/mol. The molecule has 0 spiro atoms. The van der Waals surface area contributed by atoms with Crippen molar-refractivity contribution >= 4 is 5.78 Å². The van der Waals surface area contributed by atoms with E-state index in [1.165, 1.54) is 0 Å². The molecule has 0 atom stereocenters. The highest BCUT2D eigenvalue weighted by Gasteiger charge is 2.21. The molecule has 1 aromatic heterocycles. The van der Waals surface area contributed by atoms with E-state index in [0.29, 0.717) is 33.9 Å². The summed E-state index contributed by atoms with van der Waals surface area (Å²) in [6, 6.07) is 24.5. The third kappa shape index (κ3) is 4.12. The second kappa shape index (κ2) is 8.71. The summed E-state index contributed by atoms with van der Waals surface area (Å²) in [5, 5.41) is 0. The molecule has 0 amide bonds. The van der Waals surface area contributed by atoms with Crippen molar-refractivity contribution < 1.29 is 18.7 Å². The zero-order valence-electron chi connectivity index (χ0n) is 17.1. The van der Waals surface area contributed by atoms with Gasteiger partial charge >= 0.3 is 5.63 Å². The van der Waals surface area contributed by atoms with Crippen LogP contribution in [0.5, 0.6) is 11.5 Å². The van der Waals surface area contributed by atoms with E-state index in [0.717, 1.165) is 0 Å². The first kappa shape index (κ1) is 20.2. The number of carbonyl (C=O) groups excluding carboxylic acids is 1. The van der Waals surface area contributed by atoms with Gasteiger partial charge in [0.25, 0.3) is 0 Å². The lowest BCUT2D eigenvalue weighted by molar-refractivity contribution is 0.103. The second-order valence-electron chi connectivity index (χ2n) is 6.84. The minimum absolute atomic E-state index is 0.235. The van der Waals surface area contributed by atoms with E-state index >= 15 is 0 Å². The van der Waals surface area contributed by atoms with Gasteiger partial charge in [0.2, 0.25) is 0 Å². The van der Waals surface area contributed by atoms with E-state index in [9.17, 15) is 9.59 Å². The summed E-state index contributed by atoms with van der Waals surface area (Å²) < 4.78 is 16.0. The van der Waals surface area contributed by atoms with Gasteiger partial charge in [0.05, 0.1) is 19.8 Å². The molecule has 0 saturated heterocycles. The Labute approximate surface area is 179 Å². The lowest BCUT2D eigenvalue weighted by atomic mass is 9.94. The fourth-order valence-electron chi connectivity index (χ4n) is 3.35. The Morgan fingerprint density at radius 3 is 1.90 bits per heavy atom. The van der Waals surface area contributed by atoms with Crippen LogP contribution < -0.4 is 15.1 Å². The summed E-state index contributed by atoms with van der Waals surface area (Å²) in [6.45, 7) is 0. The van der Waals surface area contributed by atoms with Gasteiger partial charge in [0.15, 0.2) is 5.78 Å². The molecule has 0 radical (unpaired) electrons. The Bertz CT molecular complexity index is 1250. The van der Waals surface area contributed by atoms with Gasteiger partial charge < -0.3 is 13.9 Å². The van der Waals surface area contributed by atoms with Crippen molar-refractivity contribution in [3.63, 3.8) is 0 Å². The number of benzene rings is 3. The molecule has 3 aromatic carbocycles. The van der Waals surface area contributed by atoms with Gasteiger partial charge in [-0.15, -0.1) is 0 Å². The number of methoxy groups -OCH3 is 2. The molecular weight excluding hydrogens is 392 g/mol. The van der Waals surface area contributed by atoms with Crippen molar-refractivity contribution in [2.24, 2.45) is 0 Å². The summed E-state index contributed by atoms with van der Waals surface area (Å²) in [5.41, 5.74) is 1.67. The number of ketones is 1. The molecule has 0 saturated carbocycles. The van der Waals surface area contributed by atoms with Crippen molar-refractivity contribution in [2.45, 2.75) is 0 Å². The van der Waals surface area contributed by atoms with Gasteiger partial charge in [-0.05, 0) is 60.2 Å². The SMILES string of the molecule is COc1ccc(C(=O)c2cc(-c3ccc(OC)cc3)oc(=O)c2-c2ccccc2)cc1. The highest BCUT2D eigenvalue weighted by atomic mass is 16.5. The van der Waals surface area contributed by atoms with Crippen LogP contribution in [0.1, 0.15) is 15.9 Å². The van der Waals surface area contributed by atoms with Crippen LogP contribution in [0.25, 0.3) is 22.5 Å². The van der Waals surface area contributed by atoms with Gasteiger partial charge in [0, 0.05) is 16.7 Å². The first-order valence-corrected chi connectivity index (χ1v) is 9.67. The lowest BCUT2D eigenvalue weighted by Crippen LogP contribution is -2.13. The van der Waals surface area contributed by atoms with Crippen molar-refractivity contribution in [3.05, 3.63) is 106 Å². The minimum atomic E-state index is -0.573. The number of carbonyl (C=O) groups is 1. The molecule has 154 valence electrons.